The molecule has 1 aromatic carbocycles. The van der Waals surface area contributed by atoms with Gasteiger partial charge in [-0.1, -0.05) is 126 Å². The smallest absolute Gasteiger partial charge is 0.330 e. The molecule has 35 heavy (non-hydrogen) atoms. The first kappa shape index (κ1) is 29.1. The van der Waals surface area contributed by atoms with Gasteiger partial charge >= 0.3 is 5.97 Å². The van der Waals surface area contributed by atoms with Crippen molar-refractivity contribution >= 4 is 12.0 Å². The zero-order chi connectivity index (χ0) is 25.4. The van der Waals surface area contributed by atoms with Crippen LogP contribution in [0.4, 0.5) is 0 Å². The maximum atomic E-state index is 12.2. The van der Waals surface area contributed by atoms with E-state index in [2.05, 4.69) is 39.0 Å². The van der Waals surface area contributed by atoms with E-state index in [0.717, 1.165) is 24.0 Å². The SMILES string of the molecule is CCCCCCCCCCOC1(N)C=CC(C=CC(=O)OCC(C)CC)C(=Cc2ccccc2)C1. The highest BCUT2D eigenvalue weighted by molar-refractivity contribution is 5.82. The number of unbranched alkanes of at least 4 members (excludes halogenated alkanes) is 7. The highest BCUT2D eigenvalue weighted by Crippen LogP contribution is 2.33. The highest BCUT2D eigenvalue weighted by atomic mass is 16.5. The predicted molar refractivity (Wildman–Crippen MR) is 147 cm³/mol. The van der Waals surface area contributed by atoms with Crippen molar-refractivity contribution in [3.8, 4) is 0 Å². The van der Waals surface area contributed by atoms with E-state index in [1.54, 1.807) is 6.08 Å². The molecule has 1 aromatic rings. The molecule has 0 bridgehead atoms. The van der Waals surface area contributed by atoms with Crippen LogP contribution in [0.25, 0.3) is 6.08 Å². The summed E-state index contributed by atoms with van der Waals surface area (Å²) in [7, 11) is 0. The van der Waals surface area contributed by atoms with Crippen molar-refractivity contribution in [2.45, 2.75) is 90.7 Å². The second kappa shape index (κ2) is 16.5. The average Bonchev–Trinajstić information content (AvgIpc) is 2.86. The lowest BCUT2D eigenvalue weighted by Gasteiger charge is -2.33. The monoisotopic (exact) mass is 481 g/mol. The first-order valence-electron chi connectivity index (χ1n) is 13.7. The number of allylic oxidation sites excluding steroid dienone is 2. The summed E-state index contributed by atoms with van der Waals surface area (Å²) in [4.78, 5) is 12.2. The number of esters is 1. The molecule has 0 amide bonds. The molecule has 0 aromatic heterocycles. The van der Waals surface area contributed by atoms with Gasteiger partial charge in [0.2, 0.25) is 0 Å². The number of hydrogen-bond donors (Lipinski definition) is 1. The Balaban J connectivity index is 1.95. The second-order valence-electron chi connectivity index (χ2n) is 9.97. The number of nitrogens with two attached hydrogens (primary N) is 1. The van der Waals surface area contributed by atoms with Crippen molar-refractivity contribution in [1.29, 1.82) is 0 Å². The van der Waals surface area contributed by atoms with E-state index in [4.69, 9.17) is 15.2 Å². The minimum absolute atomic E-state index is 0.0187. The Morgan fingerprint density at radius 3 is 2.46 bits per heavy atom. The van der Waals surface area contributed by atoms with Crippen LogP contribution in [0.5, 0.6) is 0 Å². The summed E-state index contributed by atoms with van der Waals surface area (Å²) >= 11 is 0. The maximum absolute atomic E-state index is 12.2. The molecule has 0 radical (unpaired) electrons. The van der Waals surface area contributed by atoms with Gasteiger partial charge in [-0.3, -0.25) is 5.73 Å². The molecular weight excluding hydrogens is 434 g/mol. The molecule has 2 rings (SSSR count). The van der Waals surface area contributed by atoms with Crippen LogP contribution in [0.3, 0.4) is 0 Å². The van der Waals surface area contributed by atoms with Crippen LogP contribution in [0.2, 0.25) is 0 Å². The van der Waals surface area contributed by atoms with Crippen LogP contribution >= 0.6 is 0 Å². The minimum atomic E-state index is -0.816. The summed E-state index contributed by atoms with van der Waals surface area (Å²) < 4.78 is 11.5. The largest absolute Gasteiger partial charge is 0.462 e. The molecule has 0 saturated heterocycles. The number of rotatable bonds is 16. The summed E-state index contributed by atoms with van der Waals surface area (Å²) in [6.45, 7) is 7.54. The second-order valence-corrected chi connectivity index (χ2v) is 9.97. The van der Waals surface area contributed by atoms with Crippen LogP contribution in [0.15, 0.2) is 60.2 Å². The van der Waals surface area contributed by atoms with E-state index >= 15 is 0 Å². The summed E-state index contributed by atoms with van der Waals surface area (Å²) in [5, 5.41) is 0. The summed E-state index contributed by atoms with van der Waals surface area (Å²) in [5.74, 6) is 0.0505. The number of carbonyl (C=O) groups is 1. The van der Waals surface area contributed by atoms with Gasteiger partial charge in [0.1, 0.15) is 5.72 Å². The number of carbonyl (C=O) groups excluding carboxylic acids is 1. The van der Waals surface area contributed by atoms with Gasteiger partial charge in [0.25, 0.3) is 0 Å². The lowest BCUT2D eigenvalue weighted by Crippen LogP contribution is -2.43. The fraction of sp³-hybridized carbons (Fsp3) is 0.581. The van der Waals surface area contributed by atoms with Crippen molar-refractivity contribution in [2.75, 3.05) is 13.2 Å². The first-order valence-corrected chi connectivity index (χ1v) is 13.7. The van der Waals surface area contributed by atoms with Gasteiger partial charge in [-0.2, -0.15) is 0 Å². The quantitative estimate of drug-likeness (QED) is 0.0868. The lowest BCUT2D eigenvalue weighted by atomic mass is 9.84. The molecule has 0 spiro atoms. The number of ether oxygens (including phenoxy) is 2. The van der Waals surface area contributed by atoms with Crippen LogP contribution in [-0.4, -0.2) is 24.9 Å². The topological polar surface area (TPSA) is 61.5 Å². The molecule has 3 atom stereocenters. The predicted octanol–water partition coefficient (Wildman–Crippen LogP) is 7.60. The zero-order valence-corrected chi connectivity index (χ0v) is 22.2. The van der Waals surface area contributed by atoms with E-state index < -0.39 is 5.72 Å². The van der Waals surface area contributed by atoms with Gasteiger partial charge in [0.15, 0.2) is 0 Å². The molecule has 2 N–H and O–H groups in total. The van der Waals surface area contributed by atoms with Crippen molar-refractivity contribution in [1.82, 2.24) is 0 Å². The van der Waals surface area contributed by atoms with E-state index in [1.165, 1.54) is 44.9 Å². The Morgan fingerprint density at radius 2 is 1.77 bits per heavy atom. The molecule has 1 aliphatic rings. The van der Waals surface area contributed by atoms with Gasteiger partial charge in [-0.25, -0.2) is 4.79 Å². The van der Waals surface area contributed by atoms with Gasteiger partial charge < -0.3 is 9.47 Å². The number of benzene rings is 1. The van der Waals surface area contributed by atoms with Crippen molar-refractivity contribution in [2.24, 2.45) is 17.6 Å². The fourth-order valence-electron chi connectivity index (χ4n) is 4.15. The van der Waals surface area contributed by atoms with E-state index in [-0.39, 0.29) is 11.9 Å². The Hall–Kier alpha value is -2.17. The molecule has 4 nitrogen and oxygen atoms in total. The van der Waals surface area contributed by atoms with Gasteiger partial charge in [-0.15, -0.1) is 0 Å². The van der Waals surface area contributed by atoms with Gasteiger partial charge in [-0.05, 0) is 24.0 Å². The van der Waals surface area contributed by atoms with E-state index in [1.807, 2.05) is 36.4 Å². The molecule has 0 aliphatic heterocycles. The number of hydrogen-bond acceptors (Lipinski definition) is 4. The third kappa shape index (κ3) is 11.9. The minimum Gasteiger partial charge on any atom is -0.462 e. The lowest BCUT2D eigenvalue weighted by molar-refractivity contribution is -0.139. The van der Waals surface area contributed by atoms with Crippen LogP contribution in [0.1, 0.15) is 90.5 Å². The Bertz CT molecular complexity index is 814. The average molecular weight is 482 g/mol. The summed E-state index contributed by atoms with van der Waals surface area (Å²) in [5.41, 5.74) is 8.07. The van der Waals surface area contributed by atoms with Crippen molar-refractivity contribution < 1.29 is 14.3 Å². The third-order valence-electron chi connectivity index (χ3n) is 6.66. The highest BCUT2D eigenvalue weighted by Gasteiger charge is 2.30. The Kier molecular flexibility index (Phi) is 13.7. The molecule has 4 heteroatoms. The molecule has 194 valence electrons. The normalized spacial score (nSPS) is 22.1. The molecule has 0 heterocycles. The maximum Gasteiger partial charge on any atom is 0.330 e. The summed E-state index contributed by atoms with van der Waals surface area (Å²) in [6, 6.07) is 10.2. The standard InChI is InChI=1S/C31H47NO3/c1-4-6-7-8-9-10-11-15-22-35-31(32)21-20-28(18-19-30(33)34-25-26(3)5-2)29(24-31)23-27-16-13-12-14-17-27/h12-14,16-21,23,26,28H,4-11,15,22,24-25,32H2,1-3H3. The van der Waals surface area contributed by atoms with Crippen molar-refractivity contribution in [3.63, 3.8) is 0 Å². The van der Waals surface area contributed by atoms with E-state index in [9.17, 15) is 4.79 Å². The first-order chi connectivity index (χ1) is 17.0. The molecule has 0 saturated carbocycles. The van der Waals surface area contributed by atoms with Gasteiger partial charge in [0.05, 0.1) is 6.61 Å². The fourth-order valence-corrected chi connectivity index (χ4v) is 4.15. The zero-order valence-electron chi connectivity index (χ0n) is 22.2. The van der Waals surface area contributed by atoms with Gasteiger partial charge in [0, 0.05) is 25.0 Å². The van der Waals surface area contributed by atoms with E-state index in [0.29, 0.717) is 25.6 Å². The van der Waals surface area contributed by atoms with Crippen LogP contribution in [0, 0.1) is 11.8 Å². The Labute approximate surface area is 213 Å². The van der Waals surface area contributed by atoms with Crippen LogP contribution in [-0.2, 0) is 14.3 Å². The molecule has 0 fully saturated rings. The molecule has 1 aliphatic carbocycles. The van der Waals surface area contributed by atoms with Crippen molar-refractivity contribution in [3.05, 3.63) is 65.8 Å². The molecular formula is C31H47NO3. The third-order valence-corrected chi connectivity index (χ3v) is 6.66. The summed E-state index contributed by atoms with van der Waals surface area (Å²) in [6.07, 6.45) is 21.3. The Morgan fingerprint density at radius 1 is 1.09 bits per heavy atom. The molecule has 3 unspecified atom stereocenters. The van der Waals surface area contributed by atoms with Crippen LogP contribution < -0.4 is 5.73 Å².